The van der Waals surface area contributed by atoms with Crippen molar-refractivity contribution < 1.29 is 4.42 Å². The molecule has 0 bridgehead atoms. The van der Waals surface area contributed by atoms with Crippen LogP contribution in [-0.4, -0.2) is 0 Å². The maximum absolute atomic E-state index is 6.33. The Bertz CT molecular complexity index is 3240. The third-order valence-electron chi connectivity index (χ3n) is 13.0. The highest BCUT2D eigenvalue weighted by Crippen LogP contribution is 2.51. The van der Waals surface area contributed by atoms with E-state index < -0.39 is 0 Å². The molecule has 2 heterocycles. The molecular weight excluding hydrogens is 735 g/mol. The summed E-state index contributed by atoms with van der Waals surface area (Å²) in [4.78, 5) is 2.44. The number of benzene rings is 8. The van der Waals surface area contributed by atoms with Crippen molar-refractivity contribution in [3.05, 3.63) is 187 Å². The Morgan fingerprint density at radius 3 is 1.80 bits per heavy atom. The van der Waals surface area contributed by atoms with E-state index in [1.54, 1.807) is 0 Å². The summed E-state index contributed by atoms with van der Waals surface area (Å²) in [5, 5.41) is 4.94. The quantitative estimate of drug-likeness (QED) is 0.167. The van der Waals surface area contributed by atoms with Crippen molar-refractivity contribution in [2.24, 2.45) is 0 Å². The molecule has 1 aliphatic carbocycles. The summed E-state index contributed by atoms with van der Waals surface area (Å²) in [6.45, 7) is 9.69. The number of hydrogen-bond donors (Lipinski definition) is 0. The summed E-state index contributed by atoms with van der Waals surface area (Å²) in [6.07, 6.45) is 2.43. The average Bonchev–Trinajstić information content (AvgIpc) is 3.83. The van der Waals surface area contributed by atoms with Crippen molar-refractivity contribution in [2.75, 3.05) is 4.90 Å². The van der Waals surface area contributed by atoms with Crippen LogP contribution >= 0.6 is 11.3 Å². The predicted molar refractivity (Wildman–Crippen MR) is 253 cm³/mol. The molecule has 10 aromatic rings. The first-order valence-electron chi connectivity index (χ1n) is 20.8. The lowest BCUT2D eigenvalue weighted by Gasteiger charge is -2.41. The minimum Gasteiger partial charge on any atom is -0.456 e. The summed E-state index contributed by atoms with van der Waals surface area (Å²) in [5.74, 6) is 0. The van der Waals surface area contributed by atoms with E-state index >= 15 is 0 Å². The fraction of sp³-hybridized carbons (Fsp3) is 0.143. The van der Waals surface area contributed by atoms with Gasteiger partial charge in [0.05, 0.1) is 11.4 Å². The maximum atomic E-state index is 6.33. The highest BCUT2D eigenvalue weighted by molar-refractivity contribution is 7.25. The zero-order chi connectivity index (χ0) is 39.9. The van der Waals surface area contributed by atoms with Crippen molar-refractivity contribution in [3.8, 4) is 33.4 Å². The molecule has 0 amide bonds. The van der Waals surface area contributed by atoms with Crippen molar-refractivity contribution in [2.45, 2.75) is 51.4 Å². The Hall–Kier alpha value is -6.42. The van der Waals surface area contributed by atoms with Crippen LogP contribution in [-0.2, 0) is 10.8 Å². The van der Waals surface area contributed by atoms with Gasteiger partial charge in [-0.2, -0.15) is 0 Å². The lowest BCUT2D eigenvalue weighted by atomic mass is 9.63. The Morgan fingerprint density at radius 1 is 0.424 bits per heavy atom. The van der Waals surface area contributed by atoms with Crippen LogP contribution in [0.15, 0.2) is 180 Å². The minimum absolute atomic E-state index is 0.174. The van der Waals surface area contributed by atoms with Crippen molar-refractivity contribution in [3.63, 3.8) is 0 Å². The molecule has 1 aliphatic rings. The summed E-state index contributed by atoms with van der Waals surface area (Å²) in [6, 6.07) is 64.4. The molecule has 3 heteroatoms. The second-order valence-electron chi connectivity index (χ2n) is 17.5. The molecule has 0 atom stereocenters. The van der Waals surface area contributed by atoms with Crippen LogP contribution in [0.5, 0.6) is 0 Å². The average molecular weight is 780 g/mol. The number of nitrogens with zero attached hydrogens (tertiary/aromatic N) is 1. The number of para-hydroxylation sites is 3. The van der Waals surface area contributed by atoms with Crippen molar-refractivity contribution >= 4 is 70.5 Å². The number of thiophene rings is 1. The maximum Gasteiger partial charge on any atom is 0.135 e. The second kappa shape index (κ2) is 13.6. The van der Waals surface area contributed by atoms with E-state index in [0.29, 0.717) is 0 Å². The van der Waals surface area contributed by atoms with Gasteiger partial charge in [0.2, 0.25) is 0 Å². The molecule has 0 spiro atoms. The van der Waals surface area contributed by atoms with E-state index in [2.05, 4.69) is 202 Å². The fourth-order valence-electron chi connectivity index (χ4n) is 9.66. The first-order chi connectivity index (χ1) is 28.7. The Morgan fingerprint density at radius 2 is 1.02 bits per heavy atom. The van der Waals surface area contributed by atoms with E-state index in [4.69, 9.17) is 4.42 Å². The van der Waals surface area contributed by atoms with E-state index in [9.17, 15) is 0 Å². The van der Waals surface area contributed by atoms with Gasteiger partial charge in [0.15, 0.2) is 0 Å². The molecule has 0 unspecified atom stereocenters. The molecule has 2 nitrogen and oxygen atoms in total. The third kappa shape index (κ3) is 5.90. The molecule has 0 N–H and O–H groups in total. The van der Waals surface area contributed by atoms with E-state index in [1.807, 2.05) is 17.4 Å². The van der Waals surface area contributed by atoms with E-state index in [1.165, 1.54) is 66.4 Å². The molecule has 2 aromatic heterocycles. The summed E-state index contributed by atoms with van der Waals surface area (Å²) in [5.41, 5.74) is 15.6. The molecule has 8 aromatic carbocycles. The second-order valence-corrected chi connectivity index (χ2v) is 18.6. The number of hydrogen-bond acceptors (Lipinski definition) is 3. The minimum atomic E-state index is 0.174. The normalized spacial score (nSPS) is 14.6. The molecular formula is C56H45NOS. The van der Waals surface area contributed by atoms with Crippen LogP contribution in [0.2, 0.25) is 0 Å². The van der Waals surface area contributed by atoms with Crippen molar-refractivity contribution in [1.29, 1.82) is 0 Å². The molecule has 0 saturated heterocycles. The number of rotatable bonds is 6. The van der Waals surface area contributed by atoms with Gasteiger partial charge in [-0.05, 0) is 112 Å². The van der Waals surface area contributed by atoms with E-state index in [-0.39, 0.29) is 10.8 Å². The number of fused-ring (bicyclic) bond motifs is 7. The van der Waals surface area contributed by atoms with Gasteiger partial charge in [0, 0.05) is 47.8 Å². The first kappa shape index (κ1) is 35.7. The van der Waals surface area contributed by atoms with E-state index in [0.717, 1.165) is 50.1 Å². The van der Waals surface area contributed by atoms with Gasteiger partial charge in [-0.1, -0.05) is 149 Å². The number of anilines is 3. The van der Waals surface area contributed by atoms with Gasteiger partial charge in [-0.25, -0.2) is 0 Å². The monoisotopic (exact) mass is 779 g/mol. The highest BCUT2D eigenvalue weighted by Gasteiger charge is 2.37. The number of furan rings is 1. The molecule has 0 fully saturated rings. The van der Waals surface area contributed by atoms with Crippen LogP contribution in [0, 0.1) is 0 Å². The fourth-order valence-corrected chi connectivity index (χ4v) is 10.8. The van der Waals surface area contributed by atoms with Crippen molar-refractivity contribution in [1.82, 2.24) is 0 Å². The van der Waals surface area contributed by atoms with Gasteiger partial charge in [-0.15, -0.1) is 11.3 Å². The lowest BCUT2D eigenvalue weighted by Crippen LogP contribution is -2.33. The Kier molecular flexibility index (Phi) is 8.22. The topological polar surface area (TPSA) is 16.4 Å². The zero-order valence-electron chi connectivity index (χ0n) is 33.9. The largest absolute Gasteiger partial charge is 0.456 e. The van der Waals surface area contributed by atoms with Crippen LogP contribution in [0.3, 0.4) is 0 Å². The van der Waals surface area contributed by atoms with Gasteiger partial charge in [0.1, 0.15) is 11.2 Å². The van der Waals surface area contributed by atoms with Gasteiger partial charge in [-0.3, -0.25) is 0 Å². The molecule has 0 radical (unpaired) electrons. The smallest absolute Gasteiger partial charge is 0.135 e. The van der Waals surface area contributed by atoms with Gasteiger partial charge in [0.25, 0.3) is 0 Å². The lowest BCUT2D eigenvalue weighted by molar-refractivity contribution is 0.332. The Labute approximate surface area is 350 Å². The standard InChI is InChI=1S/C56H45NOS/c1-55(2)30-31-56(3,4)48-35-54-46(34-47(48)55)44-28-26-37(32-53(44)59-54)39-18-8-9-20-41(39)42-21-11-14-24-50(42)57(49-23-13-10-19-40(49)36-16-6-5-7-17-36)38-27-29-52-45(33-38)43-22-12-15-25-51(43)58-52/h5-29,32-35H,30-31H2,1-4H3. The summed E-state index contributed by atoms with van der Waals surface area (Å²) < 4.78 is 9.04. The Balaban J connectivity index is 1.10. The molecule has 11 rings (SSSR count). The zero-order valence-corrected chi connectivity index (χ0v) is 34.7. The van der Waals surface area contributed by atoms with Crippen LogP contribution < -0.4 is 4.90 Å². The van der Waals surface area contributed by atoms with Crippen LogP contribution in [0.1, 0.15) is 51.7 Å². The SMILES string of the molecule is CC1(C)CCC(C)(C)c2cc3c(cc21)sc1cc(-c2ccccc2-c2ccccc2N(c2ccc4oc5ccccc5c4c2)c2ccccc2-c2ccccc2)ccc13. The molecule has 286 valence electrons. The van der Waals surface area contributed by atoms with Gasteiger partial charge < -0.3 is 9.32 Å². The van der Waals surface area contributed by atoms with Crippen LogP contribution in [0.25, 0.3) is 75.5 Å². The molecule has 59 heavy (non-hydrogen) atoms. The third-order valence-corrected chi connectivity index (χ3v) is 14.1. The summed E-state index contributed by atoms with van der Waals surface area (Å²) >= 11 is 1.93. The predicted octanol–water partition coefficient (Wildman–Crippen LogP) is 16.8. The first-order valence-corrected chi connectivity index (χ1v) is 21.6. The summed E-state index contributed by atoms with van der Waals surface area (Å²) in [7, 11) is 0. The van der Waals surface area contributed by atoms with Crippen LogP contribution in [0.4, 0.5) is 17.1 Å². The molecule has 0 saturated carbocycles. The van der Waals surface area contributed by atoms with Gasteiger partial charge >= 0.3 is 0 Å². The highest BCUT2D eigenvalue weighted by atomic mass is 32.1. The molecule has 0 aliphatic heterocycles.